The predicted molar refractivity (Wildman–Crippen MR) is 86.6 cm³/mol. The molecule has 2 aromatic rings. The van der Waals surface area contributed by atoms with Gasteiger partial charge in [-0.3, -0.25) is 9.59 Å². The lowest BCUT2D eigenvalue weighted by molar-refractivity contribution is -0.157. The fourth-order valence-corrected chi connectivity index (χ4v) is 2.42. The van der Waals surface area contributed by atoms with E-state index in [0.717, 1.165) is 0 Å². The van der Waals surface area contributed by atoms with Crippen molar-refractivity contribution >= 4 is 28.9 Å². The molecule has 1 amide bonds. The highest BCUT2D eigenvalue weighted by Gasteiger charge is 2.23. The number of nitrogens with zero attached hydrogens (tertiary/aromatic N) is 2. The van der Waals surface area contributed by atoms with E-state index >= 15 is 0 Å². The van der Waals surface area contributed by atoms with Gasteiger partial charge in [-0.1, -0.05) is 0 Å². The highest BCUT2D eigenvalue weighted by atomic mass is 32.1. The summed E-state index contributed by atoms with van der Waals surface area (Å²) >= 11 is 1.38. The molecule has 2 heterocycles. The SMILES string of the molecule is COc1cscc1C(=O)Nc1cnn(COC(=O)C(C)(C)C)c1. The Kier molecular flexibility index (Phi) is 5.05. The Hall–Kier alpha value is -2.35. The summed E-state index contributed by atoms with van der Waals surface area (Å²) in [7, 11) is 1.51. The quantitative estimate of drug-likeness (QED) is 0.848. The second-order valence-electron chi connectivity index (χ2n) is 5.89. The van der Waals surface area contributed by atoms with Crippen LogP contribution in [0.15, 0.2) is 23.2 Å². The first-order valence-electron chi connectivity index (χ1n) is 6.92. The molecule has 124 valence electrons. The van der Waals surface area contributed by atoms with Gasteiger partial charge in [0.1, 0.15) is 5.75 Å². The fourth-order valence-electron chi connectivity index (χ4n) is 1.65. The van der Waals surface area contributed by atoms with Crippen molar-refractivity contribution in [3.05, 3.63) is 28.7 Å². The highest BCUT2D eigenvalue weighted by Crippen LogP contribution is 2.24. The van der Waals surface area contributed by atoms with E-state index in [9.17, 15) is 9.59 Å². The number of aromatic nitrogens is 2. The second-order valence-corrected chi connectivity index (χ2v) is 6.63. The van der Waals surface area contributed by atoms with E-state index in [1.165, 1.54) is 29.3 Å². The zero-order valence-electron chi connectivity index (χ0n) is 13.5. The molecule has 2 rings (SSSR count). The van der Waals surface area contributed by atoms with Crippen LogP contribution in [0.25, 0.3) is 0 Å². The van der Waals surface area contributed by atoms with E-state index in [0.29, 0.717) is 17.0 Å². The van der Waals surface area contributed by atoms with Gasteiger partial charge in [-0.05, 0) is 20.8 Å². The standard InChI is InChI=1S/C15H19N3O4S/c1-15(2,3)14(20)22-9-18-6-10(5-16-18)17-13(19)11-7-23-8-12(11)21-4/h5-8H,9H2,1-4H3,(H,17,19). The Balaban J connectivity index is 1.95. The van der Waals surface area contributed by atoms with E-state index in [2.05, 4.69) is 10.4 Å². The fraction of sp³-hybridized carbons (Fsp3) is 0.400. The minimum Gasteiger partial charge on any atom is -0.495 e. The molecule has 2 aromatic heterocycles. The minimum atomic E-state index is -0.570. The van der Waals surface area contributed by atoms with Gasteiger partial charge < -0.3 is 14.8 Å². The number of rotatable bonds is 5. The van der Waals surface area contributed by atoms with Crippen LogP contribution in [0.1, 0.15) is 31.1 Å². The van der Waals surface area contributed by atoms with Crippen LogP contribution in [-0.4, -0.2) is 28.8 Å². The number of nitrogens with one attached hydrogen (secondary N) is 1. The van der Waals surface area contributed by atoms with Crippen molar-refractivity contribution in [3.63, 3.8) is 0 Å². The minimum absolute atomic E-state index is 0.00620. The van der Waals surface area contributed by atoms with Crippen LogP contribution in [0.5, 0.6) is 5.75 Å². The molecule has 0 saturated carbocycles. The number of amides is 1. The maximum atomic E-state index is 12.2. The van der Waals surface area contributed by atoms with E-state index in [1.807, 2.05) is 0 Å². The smallest absolute Gasteiger partial charge is 0.313 e. The molecule has 0 aromatic carbocycles. The number of anilines is 1. The zero-order valence-corrected chi connectivity index (χ0v) is 14.3. The summed E-state index contributed by atoms with van der Waals surface area (Å²) in [6.45, 7) is 5.32. The topological polar surface area (TPSA) is 82.4 Å². The summed E-state index contributed by atoms with van der Waals surface area (Å²) in [5, 5.41) is 10.2. The molecule has 0 spiro atoms. The van der Waals surface area contributed by atoms with Gasteiger partial charge >= 0.3 is 5.97 Å². The lowest BCUT2D eigenvalue weighted by atomic mass is 9.98. The third kappa shape index (κ3) is 4.32. The average molecular weight is 337 g/mol. The Labute approximate surface area is 138 Å². The van der Waals surface area contributed by atoms with Crippen molar-refractivity contribution in [1.82, 2.24) is 9.78 Å². The van der Waals surface area contributed by atoms with Crippen molar-refractivity contribution in [3.8, 4) is 5.75 Å². The molecule has 0 bridgehead atoms. The van der Waals surface area contributed by atoms with Crippen molar-refractivity contribution in [2.75, 3.05) is 12.4 Å². The van der Waals surface area contributed by atoms with Gasteiger partial charge in [0.2, 0.25) is 0 Å². The number of esters is 1. The Morgan fingerprint density at radius 1 is 1.35 bits per heavy atom. The third-order valence-corrected chi connectivity index (χ3v) is 3.64. The maximum absolute atomic E-state index is 12.2. The van der Waals surface area contributed by atoms with E-state index in [4.69, 9.17) is 9.47 Å². The number of ether oxygens (including phenoxy) is 2. The van der Waals surface area contributed by atoms with E-state index in [-0.39, 0.29) is 18.6 Å². The van der Waals surface area contributed by atoms with Crippen molar-refractivity contribution in [1.29, 1.82) is 0 Å². The molecule has 0 aliphatic heterocycles. The number of carbonyl (C=O) groups is 2. The molecule has 1 N–H and O–H groups in total. The van der Waals surface area contributed by atoms with Gasteiger partial charge in [-0.2, -0.15) is 5.10 Å². The molecular formula is C15H19N3O4S. The monoisotopic (exact) mass is 337 g/mol. The third-order valence-electron chi connectivity index (χ3n) is 2.92. The zero-order chi connectivity index (χ0) is 17.0. The lowest BCUT2D eigenvalue weighted by Crippen LogP contribution is -2.24. The van der Waals surface area contributed by atoms with Crippen LogP contribution in [0, 0.1) is 5.41 Å². The summed E-state index contributed by atoms with van der Waals surface area (Å²) in [6.07, 6.45) is 3.08. The van der Waals surface area contributed by atoms with Crippen LogP contribution in [0.3, 0.4) is 0 Å². The summed E-state index contributed by atoms with van der Waals surface area (Å²) in [5.41, 5.74) is 0.402. The number of methoxy groups -OCH3 is 1. The first kappa shape index (κ1) is 17.0. The molecule has 0 saturated heterocycles. The molecule has 23 heavy (non-hydrogen) atoms. The van der Waals surface area contributed by atoms with Crippen LogP contribution >= 0.6 is 11.3 Å². The molecule has 0 fully saturated rings. The van der Waals surface area contributed by atoms with Gasteiger partial charge in [0.05, 0.1) is 36.2 Å². The summed E-state index contributed by atoms with van der Waals surface area (Å²) in [6, 6.07) is 0. The Morgan fingerprint density at radius 3 is 2.74 bits per heavy atom. The van der Waals surface area contributed by atoms with Crippen molar-refractivity contribution in [2.45, 2.75) is 27.5 Å². The van der Waals surface area contributed by atoms with Crippen LogP contribution in [0.2, 0.25) is 0 Å². The van der Waals surface area contributed by atoms with Crippen molar-refractivity contribution < 1.29 is 19.1 Å². The first-order valence-corrected chi connectivity index (χ1v) is 7.86. The van der Waals surface area contributed by atoms with Crippen LogP contribution in [-0.2, 0) is 16.3 Å². The molecule has 0 aliphatic carbocycles. The Bertz CT molecular complexity index is 700. The number of thiophene rings is 1. The van der Waals surface area contributed by atoms with Gasteiger partial charge in [-0.25, -0.2) is 4.68 Å². The van der Waals surface area contributed by atoms with E-state index < -0.39 is 5.41 Å². The summed E-state index contributed by atoms with van der Waals surface area (Å²) in [5.74, 6) is -0.0741. The molecule has 0 atom stereocenters. The van der Waals surface area contributed by atoms with Gasteiger partial charge in [0.15, 0.2) is 6.73 Å². The first-order chi connectivity index (χ1) is 10.8. The molecule has 0 radical (unpaired) electrons. The highest BCUT2D eigenvalue weighted by molar-refractivity contribution is 7.08. The summed E-state index contributed by atoms with van der Waals surface area (Å²) in [4.78, 5) is 23.9. The number of carbonyl (C=O) groups excluding carboxylic acids is 2. The Morgan fingerprint density at radius 2 is 2.09 bits per heavy atom. The molecular weight excluding hydrogens is 318 g/mol. The van der Waals surface area contributed by atoms with Gasteiger partial charge in [0.25, 0.3) is 5.91 Å². The lowest BCUT2D eigenvalue weighted by Gasteiger charge is -2.16. The predicted octanol–water partition coefficient (Wildman–Crippen LogP) is 2.75. The number of hydrogen-bond donors (Lipinski definition) is 1. The van der Waals surface area contributed by atoms with Crippen molar-refractivity contribution in [2.24, 2.45) is 5.41 Å². The van der Waals surface area contributed by atoms with Gasteiger partial charge in [0, 0.05) is 10.8 Å². The second kappa shape index (κ2) is 6.82. The van der Waals surface area contributed by atoms with E-state index in [1.54, 1.807) is 37.7 Å². The molecule has 7 nitrogen and oxygen atoms in total. The average Bonchev–Trinajstić information content (AvgIpc) is 3.12. The molecule has 0 aliphatic rings. The van der Waals surface area contributed by atoms with Gasteiger partial charge in [-0.15, -0.1) is 11.3 Å². The largest absolute Gasteiger partial charge is 0.495 e. The maximum Gasteiger partial charge on any atom is 0.313 e. The summed E-state index contributed by atoms with van der Waals surface area (Å²) < 4.78 is 11.7. The number of hydrogen-bond acceptors (Lipinski definition) is 6. The van der Waals surface area contributed by atoms with Crippen LogP contribution < -0.4 is 10.1 Å². The van der Waals surface area contributed by atoms with Crippen LogP contribution in [0.4, 0.5) is 5.69 Å². The molecule has 8 heteroatoms. The molecule has 0 unspecified atom stereocenters. The normalized spacial score (nSPS) is 11.1.